The lowest BCUT2D eigenvalue weighted by Crippen LogP contribution is -2.26. The average molecular weight is 207 g/mol. The van der Waals surface area contributed by atoms with Crippen LogP contribution < -0.4 is 5.32 Å². The molecule has 1 aromatic heterocycles. The Morgan fingerprint density at radius 2 is 2.40 bits per heavy atom. The standard InChI is InChI=1S/C11H17N3O/c1-4-7-12-11(15)10-8-9(5-2)13-14(10)6-3/h4,8H,1,5-7H2,2-3H3,(H,12,15). The van der Waals surface area contributed by atoms with Gasteiger partial charge in [0.15, 0.2) is 0 Å². The summed E-state index contributed by atoms with van der Waals surface area (Å²) in [7, 11) is 0. The molecule has 0 aliphatic rings. The topological polar surface area (TPSA) is 46.9 Å². The van der Waals surface area contributed by atoms with Gasteiger partial charge in [0.25, 0.3) is 5.91 Å². The number of aromatic nitrogens is 2. The maximum absolute atomic E-state index is 11.7. The Balaban J connectivity index is 2.86. The van der Waals surface area contributed by atoms with Crippen molar-refractivity contribution in [3.8, 4) is 0 Å². The molecule has 1 rings (SSSR count). The first kappa shape index (κ1) is 11.5. The predicted octanol–water partition coefficient (Wildman–Crippen LogP) is 1.38. The lowest BCUT2D eigenvalue weighted by Gasteiger charge is -2.03. The molecular weight excluding hydrogens is 190 g/mol. The van der Waals surface area contributed by atoms with Crippen molar-refractivity contribution in [2.45, 2.75) is 26.8 Å². The monoisotopic (exact) mass is 207 g/mol. The summed E-state index contributed by atoms with van der Waals surface area (Å²) in [5.41, 5.74) is 1.57. The number of amides is 1. The van der Waals surface area contributed by atoms with Crippen molar-refractivity contribution < 1.29 is 4.79 Å². The minimum Gasteiger partial charge on any atom is -0.347 e. The van der Waals surface area contributed by atoms with E-state index >= 15 is 0 Å². The highest BCUT2D eigenvalue weighted by molar-refractivity contribution is 5.92. The zero-order chi connectivity index (χ0) is 11.3. The molecule has 0 radical (unpaired) electrons. The van der Waals surface area contributed by atoms with Crippen LogP contribution in [0.1, 0.15) is 30.0 Å². The SMILES string of the molecule is C=CCNC(=O)c1cc(CC)nn1CC. The molecule has 0 unspecified atom stereocenters. The fourth-order valence-electron chi connectivity index (χ4n) is 1.32. The van der Waals surface area contributed by atoms with Gasteiger partial charge < -0.3 is 5.32 Å². The zero-order valence-corrected chi connectivity index (χ0v) is 9.29. The molecular formula is C11H17N3O. The van der Waals surface area contributed by atoms with Gasteiger partial charge in [0, 0.05) is 13.1 Å². The maximum Gasteiger partial charge on any atom is 0.269 e. The number of hydrogen-bond acceptors (Lipinski definition) is 2. The molecule has 0 aliphatic carbocycles. The zero-order valence-electron chi connectivity index (χ0n) is 9.29. The lowest BCUT2D eigenvalue weighted by molar-refractivity contribution is 0.0947. The van der Waals surface area contributed by atoms with Crippen molar-refractivity contribution >= 4 is 5.91 Å². The summed E-state index contributed by atoms with van der Waals surface area (Å²) < 4.78 is 1.72. The van der Waals surface area contributed by atoms with Crippen LogP contribution in [0.2, 0.25) is 0 Å². The first-order valence-electron chi connectivity index (χ1n) is 5.18. The van der Waals surface area contributed by atoms with E-state index in [1.165, 1.54) is 0 Å². The second kappa shape index (κ2) is 5.34. The Labute approximate surface area is 90.0 Å². The van der Waals surface area contributed by atoms with Crippen LogP contribution in [0.25, 0.3) is 0 Å². The van der Waals surface area contributed by atoms with Gasteiger partial charge in [-0.05, 0) is 19.4 Å². The van der Waals surface area contributed by atoms with Crippen LogP contribution >= 0.6 is 0 Å². The van der Waals surface area contributed by atoms with Crippen LogP contribution in [-0.2, 0) is 13.0 Å². The molecule has 4 heteroatoms. The summed E-state index contributed by atoms with van der Waals surface area (Å²) in [5.74, 6) is -0.0936. The Bertz CT molecular complexity index is 355. The Kier molecular flexibility index (Phi) is 4.09. The minimum atomic E-state index is -0.0936. The van der Waals surface area contributed by atoms with E-state index in [0.717, 1.165) is 12.1 Å². The number of carbonyl (C=O) groups is 1. The molecule has 82 valence electrons. The van der Waals surface area contributed by atoms with E-state index in [1.54, 1.807) is 10.8 Å². The molecule has 1 amide bonds. The number of nitrogens with zero attached hydrogens (tertiary/aromatic N) is 2. The minimum absolute atomic E-state index is 0.0936. The molecule has 15 heavy (non-hydrogen) atoms. The van der Waals surface area contributed by atoms with Crippen LogP contribution in [0.15, 0.2) is 18.7 Å². The van der Waals surface area contributed by atoms with Gasteiger partial charge in [0.2, 0.25) is 0 Å². The second-order valence-corrected chi connectivity index (χ2v) is 3.19. The molecule has 1 N–H and O–H groups in total. The number of rotatable bonds is 5. The fraction of sp³-hybridized carbons (Fsp3) is 0.455. The van der Waals surface area contributed by atoms with Crippen molar-refractivity contribution in [2.24, 2.45) is 0 Å². The molecule has 0 spiro atoms. The van der Waals surface area contributed by atoms with Crippen LogP contribution in [0, 0.1) is 0 Å². The van der Waals surface area contributed by atoms with E-state index in [4.69, 9.17) is 0 Å². The second-order valence-electron chi connectivity index (χ2n) is 3.19. The normalized spacial score (nSPS) is 10.0. The number of aryl methyl sites for hydroxylation is 2. The summed E-state index contributed by atoms with van der Waals surface area (Å²) >= 11 is 0. The summed E-state index contributed by atoms with van der Waals surface area (Å²) in [4.78, 5) is 11.7. The molecule has 0 bridgehead atoms. The Morgan fingerprint density at radius 3 is 2.93 bits per heavy atom. The summed E-state index contributed by atoms with van der Waals surface area (Å²) in [5, 5.41) is 7.05. The van der Waals surface area contributed by atoms with Crippen LogP contribution in [0.4, 0.5) is 0 Å². The van der Waals surface area contributed by atoms with Crippen LogP contribution in [0.5, 0.6) is 0 Å². The van der Waals surface area contributed by atoms with Crippen molar-refractivity contribution in [2.75, 3.05) is 6.54 Å². The van der Waals surface area contributed by atoms with Crippen LogP contribution in [0.3, 0.4) is 0 Å². The van der Waals surface area contributed by atoms with E-state index < -0.39 is 0 Å². The number of carbonyl (C=O) groups excluding carboxylic acids is 1. The van der Waals surface area contributed by atoms with E-state index in [0.29, 0.717) is 18.8 Å². The van der Waals surface area contributed by atoms with E-state index in [9.17, 15) is 4.79 Å². The highest BCUT2D eigenvalue weighted by atomic mass is 16.2. The van der Waals surface area contributed by atoms with Gasteiger partial charge in [0.05, 0.1) is 5.69 Å². The molecule has 1 heterocycles. The molecule has 4 nitrogen and oxygen atoms in total. The predicted molar refractivity (Wildman–Crippen MR) is 59.8 cm³/mol. The van der Waals surface area contributed by atoms with Crippen molar-refractivity contribution in [1.82, 2.24) is 15.1 Å². The van der Waals surface area contributed by atoms with Crippen molar-refractivity contribution in [1.29, 1.82) is 0 Å². The number of hydrogen-bond donors (Lipinski definition) is 1. The smallest absolute Gasteiger partial charge is 0.269 e. The van der Waals surface area contributed by atoms with Gasteiger partial charge in [-0.3, -0.25) is 9.48 Å². The highest BCUT2D eigenvalue weighted by Crippen LogP contribution is 2.05. The van der Waals surface area contributed by atoms with E-state index in [2.05, 4.69) is 17.0 Å². The molecule has 0 saturated carbocycles. The van der Waals surface area contributed by atoms with Gasteiger partial charge in [0.1, 0.15) is 5.69 Å². The van der Waals surface area contributed by atoms with Crippen LogP contribution in [-0.4, -0.2) is 22.2 Å². The molecule has 0 atom stereocenters. The van der Waals surface area contributed by atoms with Gasteiger partial charge in [-0.2, -0.15) is 5.10 Å². The lowest BCUT2D eigenvalue weighted by atomic mass is 10.3. The Hall–Kier alpha value is -1.58. The third kappa shape index (κ3) is 2.68. The average Bonchev–Trinajstić information content (AvgIpc) is 2.69. The summed E-state index contributed by atoms with van der Waals surface area (Å²) in [6.07, 6.45) is 2.50. The maximum atomic E-state index is 11.7. The van der Waals surface area contributed by atoms with Crippen molar-refractivity contribution in [3.63, 3.8) is 0 Å². The van der Waals surface area contributed by atoms with Gasteiger partial charge in [-0.1, -0.05) is 13.0 Å². The first-order valence-corrected chi connectivity index (χ1v) is 5.18. The van der Waals surface area contributed by atoms with E-state index in [1.807, 2.05) is 19.9 Å². The Morgan fingerprint density at radius 1 is 1.67 bits per heavy atom. The van der Waals surface area contributed by atoms with Gasteiger partial charge >= 0.3 is 0 Å². The molecule has 0 aromatic carbocycles. The molecule has 0 saturated heterocycles. The van der Waals surface area contributed by atoms with E-state index in [-0.39, 0.29) is 5.91 Å². The summed E-state index contributed by atoms with van der Waals surface area (Å²) in [6, 6.07) is 1.84. The third-order valence-corrected chi connectivity index (χ3v) is 2.13. The first-order chi connectivity index (χ1) is 7.22. The number of nitrogens with one attached hydrogen (secondary N) is 1. The highest BCUT2D eigenvalue weighted by Gasteiger charge is 2.12. The molecule has 0 fully saturated rings. The molecule has 0 aliphatic heterocycles. The van der Waals surface area contributed by atoms with Gasteiger partial charge in [-0.15, -0.1) is 6.58 Å². The quantitative estimate of drug-likeness (QED) is 0.741. The fourth-order valence-corrected chi connectivity index (χ4v) is 1.32. The van der Waals surface area contributed by atoms with Gasteiger partial charge in [-0.25, -0.2) is 0 Å². The van der Waals surface area contributed by atoms with Crippen molar-refractivity contribution in [3.05, 3.63) is 30.1 Å². The third-order valence-electron chi connectivity index (χ3n) is 2.13. The summed E-state index contributed by atoms with van der Waals surface area (Å²) in [6.45, 7) is 8.73. The largest absolute Gasteiger partial charge is 0.347 e. The molecule has 1 aromatic rings.